The third-order valence-corrected chi connectivity index (χ3v) is 3.20. The number of aromatic nitrogens is 2. The highest BCUT2D eigenvalue weighted by Crippen LogP contribution is 2.29. The summed E-state index contributed by atoms with van der Waals surface area (Å²) >= 11 is 9.35. The SMILES string of the molecule is CCOC(=O)c1cc(-c2cc(Cl)ccc2Br)n[nH]1. The number of benzene rings is 1. The molecule has 0 atom stereocenters. The van der Waals surface area contributed by atoms with Crippen molar-refractivity contribution in [1.82, 2.24) is 10.2 Å². The van der Waals surface area contributed by atoms with Gasteiger partial charge >= 0.3 is 5.97 Å². The van der Waals surface area contributed by atoms with Crippen LogP contribution in [0.3, 0.4) is 0 Å². The lowest BCUT2D eigenvalue weighted by Gasteiger charge is -2.00. The quantitative estimate of drug-likeness (QED) is 0.874. The van der Waals surface area contributed by atoms with Gasteiger partial charge in [-0.3, -0.25) is 5.10 Å². The van der Waals surface area contributed by atoms with Gasteiger partial charge in [-0.1, -0.05) is 27.5 Å². The largest absolute Gasteiger partial charge is 0.461 e. The van der Waals surface area contributed by atoms with E-state index in [9.17, 15) is 4.79 Å². The van der Waals surface area contributed by atoms with Crippen LogP contribution >= 0.6 is 27.5 Å². The number of aromatic amines is 1. The second-order valence-corrected chi connectivity index (χ2v) is 4.80. The monoisotopic (exact) mass is 328 g/mol. The molecule has 1 heterocycles. The van der Waals surface area contributed by atoms with Crippen LogP contribution in [0.25, 0.3) is 11.3 Å². The smallest absolute Gasteiger partial charge is 0.356 e. The molecule has 18 heavy (non-hydrogen) atoms. The summed E-state index contributed by atoms with van der Waals surface area (Å²) in [4.78, 5) is 11.5. The first-order valence-electron chi connectivity index (χ1n) is 5.29. The Bertz CT molecular complexity index is 583. The number of rotatable bonds is 3. The van der Waals surface area contributed by atoms with Crippen LogP contribution in [0.15, 0.2) is 28.7 Å². The molecular formula is C12H10BrClN2O2. The Morgan fingerprint density at radius 2 is 2.28 bits per heavy atom. The number of hydrogen-bond donors (Lipinski definition) is 1. The third-order valence-electron chi connectivity index (χ3n) is 2.28. The lowest BCUT2D eigenvalue weighted by Crippen LogP contribution is -2.04. The molecule has 0 amide bonds. The number of nitrogens with one attached hydrogen (secondary N) is 1. The molecule has 6 heteroatoms. The van der Waals surface area contributed by atoms with Gasteiger partial charge < -0.3 is 4.74 Å². The van der Waals surface area contributed by atoms with E-state index >= 15 is 0 Å². The van der Waals surface area contributed by atoms with Gasteiger partial charge in [-0.05, 0) is 31.2 Å². The first-order valence-corrected chi connectivity index (χ1v) is 6.47. The number of esters is 1. The maximum Gasteiger partial charge on any atom is 0.356 e. The zero-order chi connectivity index (χ0) is 13.1. The molecule has 1 N–H and O–H groups in total. The minimum absolute atomic E-state index is 0.318. The van der Waals surface area contributed by atoms with E-state index in [0.29, 0.717) is 23.0 Å². The van der Waals surface area contributed by atoms with Crippen LogP contribution in [-0.4, -0.2) is 22.8 Å². The third kappa shape index (κ3) is 2.73. The molecule has 1 aromatic heterocycles. The van der Waals surface area contributed by atoms with Crippen molar-refractivity contribution in [3.63, 3.8) is 0 Å². The van der Waals surface area contributed by atoms with E-state index in [4.69, 9.17) is 16.3 Å². The summed E-state index contributed by atoms with van der Waals surface area (Å²) < 4.78 is 5.74. The summed E-state index contributed by atoms with van der Waals surface area (Å²) in [6.07, 6.45) is 0. The van der Waals surface area contributed by atoms with Crippen molar-refractivity contribution in [3.8, 4) is 11.3 Å². The van der Waals surface area contributed by atoms with Gasteiger partial charge in [0.15, 0.2) is 0 Å². The van der Waals surface area contributed by atoms with Crippen LogP contribution in [-0.2, 0) is 4.74 Å². The molecule has 0 unspecified atom stereocenters. The number of H-pyrrole nitrogens is 1. The molecule has 94 valence electrons. The fourth-order valence-corrected chi connectivity index (χ4v) is 2.09. The minimum atomic E-state index is -0.422. The highest BCUT2D eigenvalue weighted by molar-refractivity contribution is 9.10. The van der Waals surface area contributed by atoms with Gasteiger partial charge in [-0.15, -0.1) is 0 Å². The maximum absolute atomic E-state index is 11.5. The number of halogens is 2. The van der Waals surface area contributed by atoms with E-state index in [2.05, 4.69) is 26.1 Å². The van der Waals surface area contributed by atoms with Crippen molar-refractivity contribution in [3.05, 3.63) is 39.5 Å². The van der Waals surface area contributed by atoms with Crippen LogP contribution in [0.5, 0.6) is 0 Å². The summed E-state index contributed by atoms with van der Waals surface area (Å²) in [6, 6.07) is 7.01. The Labute approximate surface area is 117 Å². The van der Waals surface area contributed by atoms with Gasteiger partial charge in [-0.25, -0.2) is 4.79 Å². The van der Waals surface area contributed by atoms with E-state index in [1.54, 1.807) is 25.1 Å². The Morgan fingerprint density at radius 1 is 1.50 bits per heavy atom. The fraction of sp³-hybridized carbons (Fsp3) is 0.167. The van der Waals surface area contributed by atoms with Crippen molar-refractivity contribution in [1.29, 1.82) is 0 Å². The van der Waals surface area contributed by atoms with Crippen LogP contribution in [0, 0.1) is 0 Å². The normalized spacial score (nSPS) is 10.4. The van der Waals surface area contributed by atoms with Crippen LogP contribution in [0.1, 0.15) is 17.4 Å². The predicted octanol–water partition coefficient (Wildman–Crippen LogP) is 3.67. The van der Waals surface area contributed by atoms with E-state index in [1.807, 2.05) is 6.07 Å². The molecule has 2 aromatic rings. The summed E-state index contributed by atoms with van der Waals surface area (Å²) in [5.41, 5.74) is 1.76. The maximum atomic E-state index is 11.5. The standard InChI is InChI=1S/C12H10BrClN2O2/c1-2-18-12(17)11-6-10(15-16-11)8-5-7(14)3-4-9(8)13/h3-6H,2H2,1H3,(H,15,16). The Morgan fingerprint density at radius 3 is 3.00 bits per heavy atom. The zero-order valence-electron chi connectivity index (χ0n) is 9.54. The average molecular weight is 330 g/mol. The van der Waals surface area contributed by atoms with Crippen molar-refractivity contribution in [2.24, 2.45) is 0 Å². The summed E-state index contributed by atoms with van der Waals surface area (Å²) in [6.45, 7) is 2.08. The van der Waals surface area contributed by atoms with Gasteiger partial charge in [0.25, 0.3) is 0 Å². The number of ether oxygens (including phenoxy) is 1. The molecule has 2 rings (SSSR count). The lowest BCUT2D eigenvalue weighted by molar-refractivity contribution is 0.0519. The van der Waals surface area contributed by atoms with Crippen molar-refractivity contribution in [2.45, 2.75) is 6.92 Å². The van der Waals surface area contributed by atoms with Gasteiger partial charge in [0.1, 0.15) is 5.69 Å². The van der Waals surface area contributed by atoms with E-state index < -0.39 is 5.97 Å². The summed E-state index contributed by atoms with van der Waals surface area (Å²) in [5, 5.41) is 7.33. The molecule has 0 saturated carbocycles. The summed E-state index contributed by atoms with van der Waals surface area (Å²) in [7, 11) is 0. The van der Waals surface area contributed by atoms with E-state index in [1.165, 1.54) is 0 Å². The van der Waals surface area contributed by atoms with E-state index in [-0.39, 0.29) is 0 Å². The van der Waals surface area contributed by atoms with Gasteiger partial charge in [0.2, 0.25) is 0 Å². The molecule has 1 aromatic carbocycles. The molecule has 4 nitrogen and oxygen atoms in total. The molecule has 0 fully saturated rings. The van der Waals surface area contributed by atoms with Crippen LogP contribution in [0.4, 0.5) is 0 Å². The number of nitrogens with zero attached hydrogens (tertiary/aromatic N) is 1. The molecule has 0 aliphatic heterocycles. The number of hydrogen-bond acceptors (Lipinski definition) is 3. The van der Waals surface area contributed by atoms with E-state index in [0.717, 1.165) is 10.0 Å². The molecular weight excluding hydrogens is 320 g/mol. The lowest BCUT2D eigenvalue weighted by atomic mass is 10.1. The first-order chi connectivity index (χ1) is 8.61. The Hall–Kier alpha value is -1.33. The van der Waals surface area contributed by atoms with Gasteiger partial charge in [-0.2, -0.15) is 5.10 Å². The number of carbonyl (C=O) groups is 1. The molecule has 0 aliphatic carbocycles. The molecule has 0 radical (unpaired) electrons. The molecule has 0 aliphatic rings. The van der Waals surface area contributed by atoms with Crippen LogP contribution in [0.2, 0.25) is 5.02 Å². The van der Waals surface area contributed by atoms with Crippen molar-refractivity contribution in [2.75, 3.05) is 6.61 Å². The molecule has 0 bridgehead atoms. The fourth-order valence-electron chi connectivity index (χ4n) is 1.47. The van der Waals surface area contributed by atoms with Gasteiger partial charge in [0, 0.05) is 15.1 Å². The van der Waals surface area contributed by atoms with Crippen molar-refractivity contribution >= 4 is 33.5 Å². The first kappa shape index (κ1) is 13.1. The Kier molecular flexibility index (Phi) is 4.04. The highest BCUT2D eigenvalue weighted by Gasteiger charge is 2.13. The highest BCUT2D eigenvalue weighted by atomic mass is 79.9. The Balaban J connectivity index is 2.35. The molecule has 0 spiro atoms. The number of carbonyl (C=O) groups excluding carboxylic acids is 1. The van der Waals surface area contributed by atoms with Crippen molar-refractivity contribution < 1.29 is 9.53 Å². The topological polar surface area (TPSA) is 55.0 Å². The average Bonchev–Trinajstić information content (AvgIpc) is 2.82. The van der Waals surface area contributed by atoms with Crippen LogP contribution < -0.4 is 0 Å². The second-order valence-electron chi connectivity index (χ2n) is 3.51. The second kappa shape index (κ2) is 5.54. The predicted molar refractivity (Wildman–Crippen MR) is 72.7 cm³/mol. The van der Waals surface area contributed by atoms with Gasteiger partial charge in [0.05, 0.1) is 12.3 Å². The molecule has 0 saturated heterocycles. The minimum Gasteiger partial charge on any atom is -0.461 e. The zero-order valence-corrected chi connectivity index (χ0v) is 11.9. The summed E-state index contributed by atoms with van der Waals surface area (Å²) in [5.74, 6) is -0.422.